The lowest BCUT2D eigenvalue weighted by molar-refractivity contribution is -0.155. The van der Waals surface area contributed by atoms with Crippen molar-refractivity contribution < 1.29 is 28.6 Å². The smallest absolute Gasteiger partial charge is 0.330 e. The third-order valence-electron chi connectivity index (χ3n) is 7.04. The average molecular weight is 466 g/mol. The number of urea groups is 1. The molecule has 0 radical (unpaired) electrons. The summed E-state index contributed by atoms with van der Waals surface area (Å²) in [6.45, 7) is 1.46. The second-order valence-electron chi connectivity index (χ2n) is 8.72. The normalized spacial score (nSPS) is 23.9. The molecule has 3 aliphatic rings. The molecule has 1 N–H and O–H groups in total. The summed E-state index contributed by atoms with van der Waals surface area (Å²) in [7, 11) is 3.11. The first-order valence-electron chi connectivity index (χ1n) is 11.3. The van der Waals surface area contributed by atoms with Gasteiger partial charge >= 0.3 is 6.03 Å². The number of nitrogens with zero attached hydrogens (tertiary/aromatic N) is 2. The van der Waals surface area contributed by atoms with Gasteiger partial charge in [0.05, 0.1) is 33.5 Å². The Kier molecular flexibility index (Phi) is 5.65. The van der Waals surface area contributed by atoms with Crippen LogP contribution in [0.1, 0.15) is 11.1 Å². The van der Waals surface area contributed by atoms with Gasteiger partial charge in [-0.2, -0.15) is 0 Å². The summed E-state index contributed by atoms with van der Waals surface area (Å²) >= 11 is 0. The van der Waals surface area contributed by atoms with Crippen molar-refractivity contribution in [2.45, 2.75) is 18.9 Å². The van der Waals surface area contributed by atoms with Crippen molar-refractivity contribution in [1.29, 1.82) is 0 Å². The number of amides is 4. The van der Waals surface area contributed by atoms with Crippen LogP contribution in [0.3, 0.4) is 0 Å². The van der Waals surface area contributed by atoms with E-state index < -0.39 is 29.3 Å². The lowest BCUT2D eigenvalue weighted by Crippen LogP contribution is -2.74. The fourth-order valence-electron chi connectivity index (χ4n) is 5.30. The number of para-hydroxylation sites is 1. The zero-order valence-electron chi connectivity index (χ0n) is 19.2. The number of hydrogen-bond donors (Lipinski definition) is 1. The maximum atomic E-state index is 13.9. The second-order valence-corrected chi connectivity index (χ2v) is 8.72. The molecule has 2 atom stereocenters. The summed E-state index contributed by atoms with van der Waals surface area (Å²) in [5, 5.41) is 2.46. The van der Waals surface area contributed by atoms with Crippen LogP contribution in [-0.4, -0.2) is 69.3 Å². The minimum atomic E-state index is -1.43. The molecular weight excluding hydrogens is 438 g/mol. The summed E-state index contributed by atoms with van der Waals surface area (Å²) < 4.78 is 16.4. The molecule has 2 fully saturated rings. The minimum Gasteiger partial charge on any atom is -0.493 e. The number of nitrogens with one attached hydrogen (secondary N) is 1. The molecule has 4 amide bonds. The van der Waals surface area contributed by atoms with E-state index in [1.807, 2.05) is 36.4 Å². The van der Waals surface area contributed by atoms with E-state index in [2.05, 4.69) is 10.2 Å². The van der Waals surface area contributed by atoms with E-state index in [1.54, 1.807) is 20.3 Å². The largest absolute Gasteiger partial charge is 0.493 e. The van der Waals surface area contributed by atoms with Crippen LogP contribution < -0.4 is 19.7 Å². The summed E-state index contributed by atoms with van der Waals surface area (Å²) in [6.07, 6.45) is 0.629. The van der Waals surface area contributed by atoms with Gasteiger partial charge in [-0.1, -0.05) is 24.3 Å². The van der Waals surface area contributed by atoms with Crippen LogP contribution in [0.5, 0.6) is 11.5 Å². The maximum absolute atomic E-state index is 13.9. The molecule has 1 spiro atoms. The quantitative estimate of drug-likeness (QED) is 0.672. The van der Waals surface area contributed by atoms with Crippen molar-refractivity contribution in [3.05, 3.63) is 53.6 Å². The van der Waals surface area contributed by atoms with Gasteiger partial charge in [0, 0.05) is 18.8 Å². The van der Waals surface area contributed by atoms with Crippen LogP contribution in [0.2, 0.25) is 0 Å². The van der Waals surface area contributed by atoms with Gasteiger partial charge < -0.3 is 19.1 Å². The predicted molar refractivity (Wildman–Crippen MR) is 123 cm³/mol. The van der Waals surface area contributed by atoms with Gasteiger partial charge in [-0.15, -0.1) is 0 Å². The van der Waals surface area contributed by atoms with Gasteiger partial charge in [-0.25, -0.2) is 4.79 Å². The molecule has 0 saturated carbocycles. The van der Waals surface area contributed by atoms with Crippen LogP contribution in [0.15, 0.2) is 42.5 Å². The molecule has 2 aromatic rings. The molecule has 0 aliphatic carbocycles. The van der Waals surface area contributed by atoms with E-state index in [4.69, 9.17) is 14.2 Å². The van der Waals surface area contributed by atoms with Crippen LogP contribution in [0.4, 0.5) is 10.5 Å². The third-order valence-corrected chi connectivity index (χ3v) is 7.04. The van der Waals surface area contributed by atoms with Crippen LogP contribution in [0, 0.1) is 5.41 Å². The Labute approximate surface area is 197 Å². The van der Waals surface area contributed by atoms with Crippen molar-refractivity contribution in [1.82, 2.24) is 10.2 Å². The predicted octanol–water partition coefficient (Wildman–Crippen LogP) is 1.77. The number of benzene rings is 2. The number of barbiturate groups is 1. The van der Waals surface area contributed by atoms with E-state index in [-0.39, 0.29) is 19.6 Å². The number of rotatable bonds is 5. The molecule has 9 nitrogen and oxygen atoms in total. The number of carbonyl (C=O) groups is 3. The number of hydrogen-bond acceptors (Lipinski definition) is 7. The number of imide groups is 2. The monoisotopic (exact) mass is 465 g/mol. The molecule has 34 heavy (non-hydrogen) atoms. The molecule has 9 heteroatoms. The van der Waals surface area contributed by atoms with Gasteiger partial charge in [0.15, 0.2) is 16.9 Å². The highest BCUT2D eigenvalue weighted by molar-refractivity contribution is 6.20. The van der Waals surface area contributed by atoms with E-state index in [0.29, 0.717) is 31.1 Å². The third kappa shape index (κ3) is 3.38. The maximum Gasteiger partial charge on any atom is 0.330 e. The Bertz CT molecular complexity index is 1150. The highest BCUT2D eigenvalue weighted by atomic mass is 16.5. The van der Waals surface area contributed by atoms with Gasteiger partial charge in [0.25, 0.3) is 0 Å². The number of morpholine rings is 1. The summed E-state index contributed by atoms with van der Waals surface area (Å²) in [4.78, 5) is 43.3. The standard InChI is InChI=1S/C25H27N3O6/c1-32-19-8-7-16(13-20(19)33-2)9-10-28-23(30)25(22(29)26-24(28)31)14-17-5-3-4-6-18(17)27-11-12-34-15-21(25)27/h3-8,13,21H,9-12,14-15H2,1-2H3,(H,26,29,31)/t21-,25+/m0/s1. The molecule has 178 valence electrons. The number of fused-ring (bicyclic) bond motifs is 4. The minimum absolute atomic E-state index is 0.129. The van der Waals surface area contributed by atoms with Crippen LogP contribution in [0.25, 0.3) is 0 Å². The fraction of sp³-hybridized carbons (Fsp3) is 0.400. The van der Waals surface area contributed by atoms with Crippen molar-refractivity contribution in [3.63, 3.8) is 0 Å². The second kappa shape index (κ2) is 8.64. The van der Waals surface area contributed by atoms with Gasteiger partial charge in [-0.05, 0) is 42.2 Å². The molecule has 2 saturated heterocycles. The highest BCUT2D eigenvalue weighted by Crippen LogP contribution is 2.45. The number of carbonyl (C=O) groups excluding carboxylic acids is 3. The molecular formula is C25H27N3O6. The van der Waals surface area contributed by atoms with Crippen LogP contribution in [-0.2, 0) is 27.2 Å². The molecule has 0 bridgehead atoms. The Morgan fingerprint density at radius 3 is 2.68 bits per heavy atom. The first-order chi connectivity index (χ1) is 16.5. The molecule has 5 rings (SSSR count). The first kappa shape index (κ1) is 22.2. The molecule has 3 heterocycles. The fourth-order valence-corrected chi connectivity index (χ4v) is 5.30. The summed E-state index contributed by atoms with van der Waals surface area (Å²) in [6, 6.07) is 12.1. The number of ether oxygens (including phenoxy) is 3. The number of methoxy groups -OCH3 is 2. The Balaban J connectivity index is 1.46. The van der Waals surface area contributed by atoms with Crippen molar-refractivity contribution in [3.8, 4) is 11.5 Å². The first-order valence-corrected chi connectivity index (χ1v) is 11.3. The molecule has 3 aliphatic heterocycles. The van der Waals surface area contributed by atoms with Crippen molar-refractivity contribution >= 4 is 23.5 Å². The summed E-state index contributed by atoms with van der Waals surface area (Å²) in [5.74, 6) is 0.136. The molecule has 0 unspecified atom stereocenters. The van der Waals surface area contributed by atoms with E-state index >= 15 is 0 Å². The molecule has 0 aromatic heterocycles. The van der Waals surface area contributed by atoms with Crippen LogP contribution >= 0.6 is 0 Å². The van der Waals surface area contributed by atoms with E-state index in [1.165, 1.54) is 4.90 Å². The summed E-state index contributed by atoms with van der Waals surface area (Å²) in [5.41, 5.74) is 1.37. The highest BCUT2D eigenvalue weighted by Gasteiger charge is 2.62. The van der Waals surface area contributed by atoms with Gasteiger partial charge in [0.1, 0.15) is 0 Å². The van der Waals surface area contributed by atoms with E-state index in [0.717, 1.165) is 16.8 Å². The van der Waals surface area contributed by atoms with Crippen molar-refractivity contribution in [2.24, 2.45) is 5.41 Å². The topological polar surface area (TPSA) is 97.4 Å². The molecule has 2 aromatic carbocycles. The average Bonchev–Trinajstić information content (AvgIpc) is 2.87. The SMILES string of the molecule is COc1ccc(CCN2C(=O)NC(=O)[C@]3(Cc4ccccc4N4CCOC[C@H]43)C2=O)cc1OC. The zero-order valence-corrected chi connectivity index (χ0v) is 19.2. The zero-order chi connectivity index (χ0) is 23.9. The Morgan fingerprint density at radius 2 is 1.88 bits per heavy atom. The van der Waals surface area contributed by atoms with E-state index in [9.17, 15) is 14.4 Å². The lowest BCUT2D eigenvalue weighted by Gasteiger charge is -2.53. The Hall–Kier alpha value is -3.59. The Morgan fingerprint density at radius 1 is 1.09 bits per heavy atom. The van der Waals surface area contributed by atoms with Gasteiger partial charge in [-0.3, -0.25) is 19.8 Å². The van der Waals surface area contributed by atoms with Crippen molar-refractivity contribution in [2.75, 3.05) is 45.4 Å². The number of anilines is 1. The van der Waals surface area contributed by atoms with Gasteiger partial charge in [0.2, 0.25) is 11.8 Å². The lowest BCUT2D eigenvalue weighted by atomic mass is 9.68.